The fourth-order valence-corrected chi connectivity index (χ4v) is 2.31. The molecule has 1 aliphatic heterocycles. The first-order chi connectivity index (χ1) is 9.38. The third-order valence-corrected chi connectivity index (χ3v) is 3.46. The molecule has 0 atom stereocenters. The fraction of sp³-hybridized carbons (Fsp3) is 0.625. The van der Waals surface area contributed by atoms with E-state index in [4.69, 9.17) is 14.2 Å². The maximum Gasteiger partial charge on any atom is 0.157 e. The lowest BCUT2D eigenvalue weighted by Crippen LogP contribution is -2.24. The quantitative estimate of drug-likeness (QED) is 0.705. The van der Waals surface area contributed by atoms with Crippen LogP contribution < -0.4 is 4.74 Å². The summed E-state index contributed by atoms with van der Waals surface area (Å²) >= 11 is 0. The van der Waals surface area contributed by atoms with Crippen molar-refractivity contribution < 1.29 is 14.2 Å². The molecule has 0 saturated carbocycles. The Bertz CT molecular complexity index is 342. The van der Waals surface area contributed by atoms with Crippen LogP contribution in [-0.4, -0.2) is 26.6 Å². The molecule has 3 heteroatoms. The molecule has 0 aromatic heterocycles. The van der Waals surface area contributed by atoms with Gasteiger partial charge in [-0.3, -0.25) is 0 Å². The van der Waals surface area contributed by atoms with Crippen LogP contribution in [0.15, 0.2) is 24.3 Å². The highest BCUT2D eigenvalue weighted by Crippen LogP contribution is 2.16. The van der Waals surface area contributed by atoms with Gasteiger partial charge in [0.25, 0.3) is 0 Å². The number of rotatable bonds is 7. The van der Waals surface area contributed by atoms with Crippen LogP contribution in [-0.2, 0) is 15.9 Å². The standard InChI is InChI=1S/C16H24O3/c1-17-15-10-8-14(9-11-15)6-3-2-4-7-16-18-12-5-13-19-16/h8-11,16H,2-7,12-13H2,1H3. The monoisotopic (exact) mass is 264 g/mol. The smallest absolute Gasteiger partial charge is 0.157 e. The first-order valence-corrected chi connectivity index (χ1v) is 7.24. The van der Waals surface area contributed by atoms with Gasteiger partial charge in [-0.15, -0.1) is 0 Å². The highest BCUT2D eigenvalue weighted by Gasteiger charge is 2.12. The molecule has 1 fully saturated rings. The van der Waals surface area contributed by atoms with Gasteiger partial charge in [0.15, 0.2) is 6.29 Å². The molecule has 1 saturated heterocycles. The summed E-state index contributed by atoms with van der Waals surface area (Å²) in [6, 6.07) is 8.34. The SMILES string of the molecule is COc1ccc(CCCCCC2OCCCO2)cc1. The summed E-state index contributed by atoms with van der Waals surface area (Å²) in [6.07, 6.45) is 6.89. The van der Waals surface area contributed by atoms with Crippen LogP contribution in [0.25, 0.3) is 0 Å². The van der Waals surface area contributed by atoms with E-state index in [2.05, 4.69) is 12.1 Å². The van der Waals surface area contributed by atoms with E-state index in [0.29, 0.717) is 0 Å². The Morgan fingerprint density at radius 3 is 2.47 bits per heavy atom. The van der Waals surface area contributed by atoms with E-state index >= 15 is 0 Å². The fourth-order valence-electron chi connectivity index (χ4n) is 2.31. The number of unbranched alkanes of at least 4 members (excludes halogenated alkanes) is 2. The van der Waals surface area contributed by atoms with E-state index in [1.54, 1.807) is 7.11 Å². The van der Waals surface area contributed by atoms with Gasteiger partial charge in [-0.2, -0.15) is 0 Å². The van der Waals surface area contributed by atoms with Crippen LogP contribution in [0.5, 0.6) is 5.75 Å². The molecule has 0 radical (unpaired) electrons. The summed E-state index contributed by atoms with van der Waals surface area (Å²) < 4.78 is 16.2. The first-order valence-electron chi connectivity index (χ1n) is 7.24. The number of hydrogen-bond donors (Lipinski definition) is 0. The Kier molecular flexibility index (Phi) is 6.18. The van der Waals surface area contributed by atoms with Crippen molar-refractivity contribution in [3.05, 3.63) is 29.8 Å². The molecule has 1 heterocycles. The molecule has 1 aliphatic rings. The van der Waals surface area contributed by atoms with Gasteiger partial charge in [0, 0.05) is 0 Å². The lowest BCUT2D eigenvalue weighted by Gasteiger charge is -2.22. The number of aryl methyl sites for hydroxylation is 1. The second-order valence-electron chi connectivity index (χ2n) is 4.97. The maximum atomic E-state index is 5.53. The number of hydrogen-bond acceptors (Lipinski definition) is 3. The Labute approximate surface area is 115 Å². The lowest BCUT2D eigenvalue weighted by atomic mass is 10.1. The summed E-state index contributed by atoms with van der Waals surface area (Å²) in [5.41, 5.74) is 1.38. The van der Waals surface area contributed by atoms with Crippen molar-refractivity contribution >= 4 is 0 Å². The van der Waals surface area contributed by atoms with E-state index in [1.807, 2.05) is 12.1 Å². The minimum atomic E-state index is 0.0507. The molecule has 19 heavy (non-hydrogen) atoms. The Morgan fingerprint density at radius 1 is 1.05 bits per heavy atom. The lowest BCUT2D eigenvalue weighted by molar-refractivity contribution is -0.181. The number of ether oxygens (including phenoxy) is 3. The van der Waals surface area contributed by atoms with Crippen LogP contribution >= 0.6 is 0 Å². The van der Waals surface area contributed by atoms with E-state index < -0.39 is 0 Å². The van der Waals surface area contributed by atoms with E-state index in [0.717, 1.165) is 38.2 Å². The zero-order valence-corrected chi connectivity index (χ0v) is 11.8. The third kappa shape index (κ3) is 5.21. The topological polar surface area (TPSA) is 27.7 Å². The average Bonchev–Trinajstić information content (AvgIpc) is 2.49. The summed E-state index contributed by atoms with van der Waals surface area (Å²) in [4.78, 5) is 0. The van der Waals surface area contributed by atoms with Crippen molar-refractivity contribution in [3.8, 4) is 5.75 Å². The van der Waals surface area contributed by atoms with Crippen molar-refractivity contribution in [3.63, 3.8) is 0 Å². The predicted octanol–water partition coefficient (Wildman–Crippen LogP) is 3.56. The molecule has 1 aromatic rings. The van der Waals surface area contributed by atoms with E-state index in [9.17, 15) is 0 Å². The van der Waals surface area contributed by atoms with Crippen molar-refractivity contribution in [2.24, 2.45) is 0 Å². The molecule has 0 unspecified atom stereocenters. The van der Waals surface area contributed by atoms with Gasteiger partial charge in [0.1, 0.15) is 5.75 Å². The van der Waals surface area contributed by atoms with Crippen molar-refractivity contribution in [2.45, 2.75) is 44.8 Å². The minimum Gasteiger partial charge on any atom is -0.497 e. The van der Waals surface area contributed by atoms with Crippen molar-refractivity contribution in [2.75, 3.05) is 20.3 Å². The van der Waals surface area contributed by atoms with Crippen LogP contribution in [0.3, 0.4) is 0 Å². The zero-order chi connectivity index (χ0) is 13.3. The molecular formula is C16H24O3. The Hall–Kier alpha value is -1.06. The van der Waals surface area contributed by atoms with Crippen LogP contribution in [0, 0.1) is 0 Å². The predicted molar refractivity (Wildman–Crippen MR) is 75.5 cm³/mol. The maximum absolute atomic E-state index is 5.53. The number of benzene rings is 1. The Balaban J connectivity index is 1.55. The highest BCUT2D eigenvalue weighted by atomic mass is 16.7. The van der Waals surface area contributed by atoms with Gasteiger partial charge in [-0.05, 0) is 49.8 Å². The second kappa shape index (κ2) is 8.18. The molecule has 0 bridgehead atoms. The first kappa shape index (κ1) is 14.4. The zero-order valence-electron chi connectivity index (χ0n) is 11.8. The second-order valence-corrected chi connectivity index (χ2v) is 4.97. The van der Waals surface area contributed by atoms with Gasteiger partial charge in [-0.1, -0.05) is 18.6 Å². The molecule has 0 N–H and O–H groups in total. The molecule has 2 rings (SSSR count). The largest absolute Gasteiger partial charge is 0.497 e. The van der Waals surface area contributed by atoms with Crippen LogP contribution in [0.1, 0.15) is 37.7 Å². The molecule has 0 amide bonds. The third-order valence-electron chi connectivity index (χ3n) is 3.46. The van der Waals surface area contributed by atoms with Crippen molar-refractivity contribution in [1.82, 2.24) is 0 Å². The van der Waals surface area contributed by atoms with Gasteiger partial charge in [-0.25, -0.2) is 0 Å². The molecule has 0 spiro atoms. The average molecular weight is 264 g/mol. The summed E-state index contributed by atoms with van der Waals surface area (Å²) in [5, 5.41) is 0. The van der Waals surface area contributed by atoms with E-state index in [1.165, 1.54) is 24.8 Å². The molecule has 106 valence electrons. The summed E-state index contributed by atoms with van der Waals surface area (Å²) in [6.45, 7) is 1.72. The van der Waals surface area contributed by atoms with Gasteiger partial charge >= 0.3 is 0 Å². The molecule has 1 aromatic carbocycles. The van der Waals surface area contributed by atoms with Crippen LogP contribution in [0.2, 0.25) is 0 Å². The highest BCUT2D eigenvalue weighted by molar-refractivity contribution is 5.27. The normalized spacial score (nSPS) is 16.5. The van der Waals surface area contributed by atoms with Gasteiger partial charge < -0.3 is 14.2 Å². The van der Waals surface area contributed by atoms with Crippen molar-refractivity contribution in [1.29, 1.82) is 0 Å². The van der Waals surface area contributed by atoms with Gasteiger partial charge in [0.05, 0.1) is 20.3 Å². The molecular weight excluding hydrogens is 240 g/mol. The summed E-state index contributed by atoms with van der Waals surface area (Å²) in [7, 11) is 1.70. The molecule has 3 nitrogen and oxygen atoms in total. The van der Waals surface area contributed by atoms with Gasteiger partial charge in [0.2, 0.25) is 0 Å². The Morgan fingerprint density at radius 2 is 1.79 bits per heavy atom. The molecule has 0 aliphatic carbocycles. The van der Waals surface area contributed by atoms with Crippen LogP contribution in [0.4, 0.5) is 0 Å². The minimum absolute atomic E-state index is 0.0507. The summed E-state index contributed by atoms with van der Waals surface area (Å²) in [5.74, 6) is 0.926. The van der Waals surface area contributed by atoms with E-state index in [-0.39, 0.29) is 6.29 Å². The number of methoxy groups -OCH3 is 1.